The van der Waals surface area contributed by atoms with E-state index in [4.69, 9.17) is 32.7 Å². The van der Waals surface area contributed by atoms with Crippen molar-refractivity contribution in [2.45, 2.75) is 33.1 Å². The second-order valence-corrected chi connectivity index (χ2v) is 6.82. The SMILES string of the molecule is CC(C)COc1c(Cl)cc(OCCCCCCl)c2ccccc12. The van der Waals surface area contributed by atoms with Gasteiger partial charge in [0.1, 0.15) is 11.5 Å². The minimum atomic E-state index is 0.447. The predicted molar refractivity (Wildman–Crippen MR) is 99.4 cm³/mol. The molecule has 0 saturated heterocycles. The zero-order chi connectivity index (χ0) is 16.7. The van der Waals surface area contributed by atoms with Gasteiger partial charge in [-0.2, -0.15) is 0 Å². The highest BCUT2D eigenvalue weighted by molar-refractivity contribution is 6.33. The molecule has 0 saturated carbocycles. The normalized spacial score (nSPS) is 11.2. The van der Waals surface area contributed by atoms with E-state index in [0.29, 0.717) is 30.0 Å². The van der Waals surface area contributed by atoms with Crippen molar-refractivity contribution in [3.05, 3.63) is 35.4 Å². The summed E-state index contributed by atoms with van der Waals surface area (Å²) < 4.78 is 11.9. The van der Waals surface area contributed by atoms with Crippen LogP contribution in [0.2, 0.25) is 5.02 Å². The largest absolute Gasteiger partial charge is 0.493 e. The number of ether oxygens (including phenoxy) is 2. The number of halogens is 2. The van der Waals surface area contributed by atoms with Crippen LogP contribution in [0, 0.1) is 5.92 Å². The second kappa shape index (κ2) is 9.24. The summed E-state index contributed by atoms with van der Waals surface area (Å²) in [6.45, 7) is 5.55. The molecule has 0 radical (unpaired) electrons. The van der Waals surface area contributed by atoms with Gasteiger partial charge in [-0.3, -0.25) is 0 Å². The highest BCUT2D eigenvalue weighted by Crippen LogP contribution is 2.39. The third kappa shape index (κ3) is 5.19. The van der Waals surface area contributed by atoms with Crippen LogP contribution in [0.3, 0.4) is 0 Å². The van der Waals surface area contributed by atoms with Gasteiger partial charge in [0.2, 0.25) is 0 Å². The van der Waals surface area contributed by atoms with Gasteiger partial charge in [-0.1, -0.05) is 49.7 Å². The van der Waals surface area contributed by atoms with Crippen molar-refractivity contribution in [2.75, 3.05) is 19.1 Å². The van der Waals surface area contributed by atoms with Crippen LogP contribution in [0.15, 0.2) is 30.3 Å². The molecule has 0 aliphatic rings. The van der Waals surface area contributed by atoms with Gasteiger partial charge in [-0.05, 0) is 25.2 Å². The molecule has 0 unspecified atom stereocenters. The minimum absolute atomic E-state index is 0.447. The molecule has 0 spiro atoms. The lowest BCUT2D eigenvalue weighted by atomic mass is 10.1. The summed E-state index contributed by atoms with van der Waals surface area (Å²) in [5.41, 5.74) is 0. The lowest BCUT2D eigenvalue weighted by molar-refractivity contribution is 0.273. The molecular formula is C19H24Cl2O2. The van der Waals surface area contributed by atoms with Gasteiger partial charge >= 0.3 is 0 Å². The second-order valence-electron chi connectivity index (χ2n) is 6.03. The Bertz CT molecular complexity index is 626. The Labute approximate surface area is 148 Å². The molecule has 0 aliphatic heterocycles. The van der Waals surface area contributed by atoms with Gasteiger partial charge in [0.05, 0.1) is 18.2 Å². The van der Waals surface area contributed by atoms with Crippen LogP contribution in [-0.2, 0) is 0 Å². The fourth-order valence-electron chi connectivity index (χ4n) is 2.35. The zero-order valence-corrected chi connectivity index (χ0v) is 15.3. The molecule has 0 atom stereocenters. The van der Waals surface area contributed by atoms with Crippen molar-refractivity contribution in [3.8, 4) is 11.5 Å². The average Bonchev–Trinajstić information content (AvgIpc) is 2.53. The molecule has 4 heteroatoms. The van der Waals surface area contributed by atoms with E-state index in [0.717, 1.165) is 41.5 Å². The first-order chi connectivity index (χ1) is 11.1. The van der Waals surface area contributed by atoms with Crippen molar-refractivity contribution in [2.24, 2.45) is 5.92 Å². The fourth-order valence-corrected chi connectivity index (χ4v) is 2.80. The van der Waals surface area contributed by atoms with Gasteiger partial charge in [-0.15, -0.1) is 11.6 Å². The highest BCUT2D eigenvalue weighted by atomic mass is 35.5. The van der Waals surface area contributed by atoms with Gasteiger partial charge < -0.3 is 9.47 Å². The summed E-state index contributed by atoms with van der Waals surface area (Å²) in [5.74, 6) is 2.71. The molecule has 0 aromatic heterocycles. The predicted octanol–water partition coefficient (Wildman–Crippen LogP) is 6.32. The molecule has 2 rings (SSSR count). The summed E-state index contributed by atoms with van der Waals surface area (Å²) in [7, 11) is 0. The maximum absolute atomic E-state index is 6.43. The summed E-state index contributed by atoms with van der Waals surface area (Å²) in [6.07, 6.45) is 3.09. The van der Waals surface area contributed by atoms with Gasteiger partial charge in [0.25, 0.3) is 0 Å². The number of hydrogen-bond acceptors (Lipinski definition) is 2. The Hall–Kier alpha value is -1.12. The Kier molecular flexibility index (Phi) is 7.32. The summed E-state index contributed by atoms with van der Waals surface area (Å²) in [4.78, 5) is 0. The monoisotopic (exact) mass is 354 g/mol. The fraction of sp³-hybridized carbons (Fsp3) is 0.474. The number of benzene rings is 2. The Morgan fingerprint density at radius 2 is 1.74 bits per heavy atom. The molecule has 126 valence electrons. The van der Waals surface area contributed by atoms with Crippen LogP contribution in [0.5, 0.6) is 11.5 Å². The van der Waals surface area contributed by atoms with E-state index in [1.54, 1.807) is 0 Å². The molecule has 0 bridgehead atoms. The van der Waals surface area contributed by atoms with Crippen LogP contribution >= 0.6 is 23.2 Å². The first-order valence-electron chi connectivity index (χ1n) is 8.16. The lowest BCUT2D eigenvalue weighted by Gasteiger charge is -2.16. The van der Waals surface area contributed by atoms with Gasteiger partial charge in [0, 0.05) is 22.7 Å². The lowest BCUT2D eigenvalue weighted by Crippen LogP contribution is -2.06. The van der Waals surface area contributed by atoms with Crippen LogP contribution < -0.4 is 9.47 Å². The standard InChI is InChI=1S/C19H24Cl2O2/c1-14(2)13-23-19-16-9-5-4-8-15(16)18(12-17(19)21)22-11-7-3-6-10-20/h4-5,8-9,12,14H,3,6-7,10-11,13H2,1-2H3. The van der Waals surface area contributed by atoms with E-state index in [1.165, 1.54) is 0 Å². The van der Waals surface area contributed by atoms with Gasteiger partial charge in [-0.25, -0.2) is 0 Å². The number of unbranched alkanes of at least 4 members (excludes halogenated alkanes) is 2. The molecule has 23 heavy (non-hydrogen) atoms. The van der Waals surface area contributed by atoms with E-state index in [-0.39, 0.29) is 0 Å². The van der Waals surface area contributed by atoms with Crippen molar-refractivity contribution >= 4 is 34.0 Å². The number of alkyl halides is 1. The molecule has 0 heterocycles. The van der Waals surface area contributed by atoms with E-state index < -0.39 is 0 Å². The van der Waals surface area contributed by atoms with E-state index in [9.17, 15) is 0 Å². The molecule has 0 fully saturated rings. The first kappa shape index (κ1) is 18.2. The molecule has 0 amide bonds. The summed E-state index contributed by atoms with van der Waals surface area (Å²) in [5, 5.41) is 2.63. The van der Waals surface area contributed by atoms with E-state index in [2.05, 4.69) is 13.8 Å². The molecular weight excluding hydrogens is 331 g/mol. The minimum Gasteiger partial charge on any atom is -0.493 e. The average molecular weight is 355 g/mol. The summed E-state index contributed by atoms with van der Waals surface area (Å²) in [6, 6.07) is 9.92. The van der Waals surface area contributed by atoms with Crippen molar-refractivity contribution < 1.29 is 9.47 Å². The van der Waals surface area contributed by atoms with Crippen molar-refractivity contribution in [1.29, 1.82) is 0 Å². The van der Waals surface area contributed by atoms with Crippen molar-refractivity contribution in [1.82, 2.24) is 0 Å². The highest BCUT2D eigenvalue weighted by Gasteiger charge is 2.13. The van der Waals surface area contributed by atoms with E-state index >= 15 is 0 Å². The van der Waals surface area contributed by atoms with Crippen molar-refractivity contribution in [3.63, 3.8) is 0 Å². The maximum Gasteiger partial charge on any atom is 0.145 e. The Morgan fingerprint density at radius 1 is 1.00 bits per heavy atom. The maximum atomic E-state index is 6.43. The number of hydrogen-bond donors (Lipinski definition) is 0. The van der Waals surface area contributed by atoms with Gasteiger partial charge in [0.15, 0.2) is 0 Å². The smallest absolute Gasteiger partial charge is 0.145 e. The van der Waals surface area contributed by atoms with Crippen LogP contribution in [0.25, 0.3) is 10.8 Å². The topological polar surface area (TPSA) is 18.5 Å². The number of rotatable bonds is 9. The number of fused-ring (bicyclic) bond motifs is 1. The Balaban J connectivity index is 2.20. The van der Waals surface area contributed by atoms with Crippen LogP contribution in [-0.4, -0.2) is 19.1 Å². The molecule has 2 aromatic carbocycles. The quantitative estimate of drug-likeness (QED) is 0.387. The van der Waals surface area contributed by atoms with E-state index in [1.807, 2.05) is 30.3 Å². The summed E-state index contributed by atoms with van der Waals surface area (Å²) >= 11 is 12.1. The van der Waals surface area contributed by atoms with Crippen LogP contribution in [0.4, 0.5) is 0 Å². The Morgan fingerprint density at radius 3 is 2.43 bits per heavy atom. The van der Waals surface area contributed by atoms with Crippen LogP contribution in [0.1, 0.15) is 33.1 Å². The molecule has 2 aromatic rings. The third-order valence-corrected chi connectivity index (χ3v) is 4.06. The first-order valence-corrected chi connectivity index (χ1v) is 9.07. The molecule has 0 N–H and O–H groups in total. The molecule has 2 nitrogen and oxygen atoms in total. The molecule has 0 aliphatic carbocycles. The third-order valence-electron chi connectivity index (χ3n) is 3.51. The zero-order valence-electron chi connectivity index (χ0n) is 13.8.